The molecular formula is C16H26N6O9. The lowest BCUT2D eigenvalue weighted by molar-refractivity contribution is -0.143. The molecule has 31 heavy (non-hydrogen) atoms. The van der Waals surface area contributed by atoms with Crippen molar-refractivity contribution in [2.24, 2.45) is 17.2 Å². The van der Waals surface area contributed by atoms with Crippen LogP contribution in [0.25, 0.3) is 0 Å². The van der Waals surface area contributed by atoms with Gasteiger partial charge in [-0.2, -0.15) is 0 Å². The Morgan fingerprint density at radius 3 is 1.71 bits per heavy atom. The van der Waals surface area contributed by atoms with Crippen LogP contribution < -0.4 is 33.2 Å². The van der Waals surface area contributed by atoms with Gasteiger partial charge in [-0.3, -0.25) is 33.6 Å². The van der Waals surface area contributed by atoms with E-state index >= 15 is 0 Å². The summed E-state index contributed by atoms with van der Waals surface area (Å²) in [6.45, 7) is 1.13. The summed E-state index contributed by atoms with van der Waals surface area (Å²) in [5, 5.41) is 24.0. The number of aliphatic carboxylic acids is 2. The Bertz CT molecular complexity index is 741. The number of primary amides is 2. The van der Waals surface area contributed by atoms with Gasteiger partial charge in [-0.05, 0) is 13.3 Å². The molecule has 0 aromatic heterocycles. The van der Waals surface area contributed by atoms with Crippen LogP contribution in [0.15, 0.2) is 0 Å². The minimum atomic E-state index is -1.70. The summed E-state index contributed by atoms with van der Waals surface area (Å²) in [4.78, 5) is 80.7. The summed E-state index contributed by atoms with van der Waals surface area (Å²) in [6, 6.07) is -5.98. The van der Waals surface area contributed by atoms with Crippen molar-refractivity contribution in [3.63, 3.8) is 0 Å². The SMILES string of the molecule is CC(NC(=O)C(CC(N)=O)NC(=O)C(CC(=O)O)NC(=O)C(N)CCC(N)=O)C(=O)O. The number of hydrogen-bond donors (Lipinski definition) is 8. The molecule has 0 bridgehead atoms. The minimum absolute atomic E-state index is 0.164. The topological polar surface area (TPSA) is 274 Å². The van der Waals surface area contributed by atoms with Crippen molar-refractivity contribution in [3.05, 3.63) is 0 Å². The molecule has 0 heterocycles. The van der Waals surface area contributed by atoms with Crippen LogP contribution in [0.5, 0.6) is 0 Å². The first kappa shape index (κ1) is 27.2. The molecule has 0 aliphatic rings. The second-order valence-corrected chi connectivity index (χ2v) is 6.57. The van der Waals surface area contributed by atoms with Crippen LogP contribution in [-0.4, -0.2) is 75.9 Å². The number of carbonyl (C=O) groups is 7. The van der Waals surface area contributed by atoms with Crippen molar-refractivity contribution < 1.29 is 43.8 Å². The van der Waals surface area contributed by atoms with Gasteiger partial charge in [-0.25, -0.2) is 0 Å². The fourth-order valence-electron chi connectivity index (χ4n) is 2.15. The van der Waals surface area contributed by atoms with Crippen LogP contribution in [0.4, 0.5) is 0 Å². The summed E-state index contributed by atoms with van der Waals surface area (Å²) in [6.07, 6.45) is -2.03. The van der Waals surface area contributed by atoms with E-state index in [1.807, 2.05) is 5.32 Å². The largest absolute Gasteiger partial charge is 0.481 e. The number of carboxylic acids is 2. The third-order valence-electron chi connectivity index (χ3n) is 3.82. The number of amides is 5. The molecule has 0 aromatic rings. The van der Waals surface area contributed by atoms with Gasteiger partial charge in [0.1, 0.15) is 18.1 Å². The lowest BCUT2D eigenvalue weighted by Crippen LogP contribution is -2.57. The Hall–Kier alpha value is -3.75. The smallest absolute Gasteiger partial charge is 0.325 e. The first-order valence-corrected chi connectivity index (χ1v) is 8.92. The van der Waals surface area contributed by atoms with E-state index in [0.29, 0.717) is 0 Å². The highest BCUT2D eigenvalue weighted by Gasteiger charge is 2.31. The van der Waals surface area contributed by atoms with Crippen LogP contribution in [0.3, 0.4) is 0 Å². The van der Waals surface area contributed by atoms with Crippen molar-refractivity contribution in [2.45, 2.75) is 56.8 Å². The van der Waals surface area contributed by atoms with E-state index in [2.05, 4.69) is 10.6 Å². The van der Waals surface area contributed by atoms with E-state index in [4.69, 9.17) is 27.4 Å². The van der Waals surface area contributed by atoms with Gasteiger partial charge in [0.25, 0.3) is 0 Å². The molecule has 15 nitrogen and oxygen atoms in total. The summed E-state index contributed by atoms with van der Waals surface area (Å²) in [5.74, 6) is -7.81. The zero-order chi connectivity index (χ0) is 24.3. The molecule has 0 spiro atoms. The van der Waals surface area contributed by atoms with Gasteiger partial charge < -0.3 is 43.4 Å². The van der Waals surface area contributed by atoms with Gasteiger partial charge in [0.15, 0.2) is 0 Å². The van der Waals surface area contributed by atoms with E-state index in [-0.39, 0.29) is 12.8 Å². The maximum absolute atomic E-state index is 12.5. The molecule has 0 aromatic carbocycles. The minimum Gasteiger partial charge on any atom is -0.481 e. The Labute approximate surface area is 176 Å². The number of rotatable bonds is 14. The quantitative estimate of drug-likeness (QED) is 0.126. The molecule has 4 atom stereocenters. The Morgan fingerprint density at radius 1 is 0.774 bits per heavy atom. The maximum atomic E-state index is 12.5. The molecule has 0 radical (unpaired) electrons. The fourth-order valence-corrected chi connectivity index (χ4v) is 2.15. The molecule has 0 fully saturated rings. The van der Waals surface area contributed by atoms with Gasteiger partial charge in [0, 0.05) is 6.42 Å². The van der Waals surface area contributed by atoms with Crippen molar-refractivity contribution in [1.82, 2.24) is 16.0 Å². The van der Waals surface area contributed by atoms with E-state index < -0.39 is 78.5 Å². The molecule has 0 saturated heterocycles. The molecule has 5 amide bonds. The van der Waals surface area contributed by atoms with Gasteiger partial charge in [-0.15, -0.1) is 0 Å². The van der Waals surface area contributed by atoms with Crippen LogP contribution in [0.1, 0.15) is 32.6 Å². The number of hydrogen-bond acceptors (Lipinski definition) is 8. The van der Waals surface area contributed by atoms with E-state index in [1.165, 1.54) is 0 Å². The summed E-state index contributed by atoms with van der Waals surface area (Å²) >= 11 is 0. The van der Waals surface area contributed by atoms with Gasteiger partial charge in [0.2, 0.25) is 29.5 Å². The molecular weight excluding hydrogens is 420 g/mol. The average molecular weight is 446 g/mol. The standard InChI is InChI=1S/C16H26N6O9/c1-6(16(30)31)20-14(28)8(4-11(19)24)22-15(29)9(5-12(25)26)21-13(27)7(17)2-3-10(18)23/h6-9H,2-5,17H2,1H3,(H2,18,23)(H2,19,24)(H,20,28)(H,21,27)(H,22,29)(H,25,26)(H,30,31). The lowest BCUT2D eigenvalue weighted by atomic mass is 10.1. The van der Waals surface area contributed by atoms with Crippen LogP contribution in [0.2, 0.25) is 0 Å². The molecule has 4 unspecified atom stereocenters. The second kappa shape index (κ2) is 12.7. The van der Waals surface area contributed by atoms with E-state index in [1.54, 1.807) is 0 Å². The Balaban J connectivity index is 5.36. The van der Waals surface area contributed by atoms with Gasteiger partial charge in [0.05, 0.1) is 18.9 Å². The fraction of sp³-hybridized carbons (Fsp3) is 0.562. The Morgan fingerprint density at radius 2 is 1.26 bits per heavy atom. The van der Waals surface area contributed by atoms with Gasteiger partial charge >= 0.3 is 11.9 Å². The predicted molar refractivity (Wildman–Crippen MR) is 102 cm³/mol. The predicted octanol–water partition coefficient (Wildman–Crippen LogP) is -4.51. The summed E-state index contributed by atoms with van der Waals surface area (Å²) < 4.78 is 0. The van der Waals surface area contributed by atoms with Crippen molar-refractivity contribution >= 4 is 41.5 Å². The highest BCUT2D eigenvalue weighted by atomic mass is 16.4. The average Bonchev–Trinajstić information content (AvgIpc) is 2.63. The number of carbonyl (C=O) groups excluding carboxylic acids is 5. The first-order valence-electron chi connectivity index (χ1n) is 8.92. The van der Waals surface area contributed by atoms with E-state index in [9.17, 15) is 33.6 Å². The highest BCUT2D eigenvalue weighted by molar-refractivity contribution is 5.97. The molecule has 15 heteroatoms. The number of nitrogens with two attached hydrogens (primary N) is 3. The third kappa shape index (κ3) is 11.1. The molecule has 0 aliphatic carbocycles. The molecule has 174 valence electrons. The molecule has 0 saturated carbocycles. The van der Waals surface area contributed by atoms with Crippen molar-refractivity contribution in [2.75, 3.05) is 0 Å². The van der Waals surface area contributed by atoms with Crippen molar-refractivity contribution in [1.29, 1.82) is 0 Å². The lowest BCUT2D eigenvalue weighted by Gasteiger charge is -2.23. The molecule has 11 N–H and O–H groups in total. The van der Waals surface area contributed by atoms with Crippen LogP contribution in [-0.2, 0) is 33.6 Å². The zero-order valence-corrected chi connectivity index (χ0v) is 16.6. The van der Waals surface area contributed by atoms with Crippen molar-refractivity contribution in [3.8, 4) is 0 Å². The maximum Gasteiger partial charge on any atom is 0.325 e. The van der Waals surface area contributed by atoms with Gasteiger partial charge in [-0.1, -0.05) is 0 Å². The molecule has 0 aliphatic heterocycles. The summed E-state index contributed by atoms with van der Waals surface area (Å²) in [7, 11) is 0. The molecule has 0 rings (SSSR count). The monoisotopic (exact) mass is 446 g/mol. The van der Waals surface area contributed by atoms with E-state index in [0.717, 1.165) is 6.92 Å². The normalized spacial score (nSPS) is 14.3. The van der Waals surface area contributed by atoms with Crippen LogP contribution in [0, 0.1) is 0 Å². The summed E-state index contributed by atoms with van der Waals surface area (Å²) in [5.41, 5.74) is 15.5. The van der Waals surface area contributed by atoms with Crippen LogP contribution >= 0.6 is 0 Å². The zero-order valence-electron chi connectivity index (χ0n) is 16.6. The second-order valence-electron chi connectivity index (χ2n) is 6.57. The number of nitrogens with one attached hydrogen (secondary N) is 3. The highest BCUT2D eigenvalue weighted by Crippen LogP contribution is 2.01. The number of carboxylic acid groups (broad SMARTS) is 2. The third-order valence-corrected chi connectivity index (χ3v) is 3.82. The first-order chi connectivity index (χ1) is 14.2. The Kier molecular flexibility index (Phi) is 11.2.